The summed E-state index contributed by atoms with van der Waals surface area (Å²) in [4.78, 5) is 2.55. The average Bonchev–Trinajstić information content (AvgIpc) is 2.49. The normalized spacial score (nSPS) is 25.8. The first-order valence-corrected chi connectivity index (χ1v) is 8.00. The number of benzene rings is 1. The number of hydrogen-bond donors (Lipinski definition) is 1. The zero-order chi connectivity index (χ0) is 13.8. The Hall–Kier alpha value is -0.610. The van der Waals surface area contributed by atoms with Crippen LogP contribution in [0, 0.1) is 5.92 Å². The third kappa shape index (κ3) is 3.53. The summed E-state index contributed by atoms with van der Waals surface area (Å²) in [5.41, 5.74) is 1.13. The van der Waals surface area contributed by atoms with Crippen LogP contribution in [0.15, 0.2) is 24.3 Å². The molecule has 1 aromatic rings. The second-order valence-electron chi connectivity index (χ2n) is 5.83. The van der Waals surface area contributed by atoms with Gasteiger partial charge in [0.15, 0.2) is 0 Å². The topological polar surface area (TPSA) is 24.5 Å². The molecule has 0 amide bonds. The summed E-state index contributed by atoms with van der Waals surface area (Å²) in [6, 6.07) is 8.05. The molecular weight excluding hydrogens is 272 g/mol. The molecule has 1 aromatic carbocycles. The molecule has 1 atom stereocenters. The van der Waals surface area contributed by atoms with E-state index in [1.54, 1.807) is 0 Å². The molecule has 0 radical (unpaired) electrons. The van der Waals surface area contributed by atoms with E-state index in [0.29, 0.717) is 0 Å². The molecule has 3 nitrogen and oxygen atoms in total. The predicted molar refractivity (Wildman–Crippen MR) is 82.2 cm³/mol. The fourth-order valence-corrected chi connectivity index (χ4v) is 3.48. The minimum atomic E-state index is 0.124. The van der Waals surface area contributed by atoms with Gasteiger partial charge in [-0.1, -0.05) is 29.8 Å². The molecule has 110 valence electrons. The number of hydrogen-bond acceptors (Lipinski definition) is 3. The highest BCUT2D eigenvalue weighted by atomic mass is 35.5. The van der Waals surface area contributed by atoms with Crippen LogP contribution in [-0.4, -0.2) is 44.2 Å². The Morgan fingerprint density at radius 1 is 1.25 bits per heavy atom. The number of ether oxygens (including phenoxy) is 1. The van der Waals surface area contributed by atoms with Gasteiger partial charge in [0.05, 0.1) is 12.7 Å². The summed E-state index contributed by atoms with van der Waals surface area (Å²) in [7, 11) is 0. The molecule has 0 aliphatic carbocycles. The molecule has 0 bridgehead atoms. The monoisotopic (exact) mass is 294 g/mol. The summed E-state index contributed by atoms with van der Waals surface area (Å²) >= 11 is 6.29. The van der Waals surface area contributed by atoms with Gasteiger partial charge in [0.25, 0.3) is 0 Å². The van der Waals surface area contributed by atoms with Gasteiger partial charge in [-0.05, 0) is 37.9 Å². The molecule has 2 aliphatic heterocycles. The third-order valence-electron chi connectivity index (χ3n) is 4.38. The molecular formula is C16H23ClN2O. The molecule has 2 aliphatic rings. The lowest BCUT2D eigenvalue weighted by Gasteiger charge is -2.36. The van der Waals surface area contributed by atoms with Crippen LogP contribution in [-0.2, 0) is 4.74 Å². The summed E-state index contributed by atoms with van der Waals surface area (Å²) < 4.78 is 5.93. The van der Waals surface area contributed by atoms with Crippen molar-refractivity contribution in [1.29, 1.82) is 0 Å². The number of halogens is 1. The highest BCUT2D eigenvalue weighted by Gasteiger charge is 2.25. The largest absolute Gasteiger partial charge is 0.371 e. The summed E-state index contributed by atoms with van der Waals surface area (Å²) in [6.07, 6.45) is 2.72. The van der Waals surface area contributed by atoms with Crippen LogP contribution in [0.2, 0.25) is 5.02 Å². The predicted octanol–water partition coefficient (Wildman–Crippen LogP) is 2.71. The maximum atomic E-state index is 6.29. The second kappa shape index (κ2) is 6.90. The van der Waals surface area contributed by atoms with Crippen LogP contribution in [0.5, 0.6) is 0 Å². The van der Waals surface area contributed by atoms with Crippen molar-refractivity contribution in [3.05, 3.63) is 34.9 Å². The Labute approximate surface area is 126 Å². The van der Waals surface area contributed by atoms with Crippen LogP contribution in [0.3, 0.4) is 0 Å². The summed E-state index contributed by atoms with van der Waals surface area (Å²) in [5, 5.41) is 4.25. The van der Waals surface area contributed by atoms with Crippen molar-refractivity contribution in [1.82, 2.24) is 10.2 Å². The summed E-state index contributed by atoms with van der Waals surface area (Å²) in [6.45, 7) is 6.36. The van der Waals surface area contributed by atoms with Gasteiger partial charge in [0, 0.05) is 30.2 Å². The molecule has 2 fully saturated rings. The molecule has 1 unspecified atom stereocenters. The van der Waals surface area contributed by atoms with Gasteiger partial charge < -0.3 is 10.1 Å². The van der Waals surface area contributed by atoms with Gasteiger partial charge in [-0.2, -0.15) is 0 Å². The third-order valence-corrected chi connectivity index (χ3v) is 4.72. The molecule has 20 heavy (non-hydrogen) atoms. The van der Waals surface area contributed by atoms with Gasteiger partial charge in [0.2, 0.25) is 0 Å². The van der Waals surface area contributed by atoms with E-state index in [1.807, 2.05) is 18.2 Å². The quantitative estimate of drug-likeness (QED) is 0.928. The van der Waals surface area contributed by atoms with E-state index in [9.17, 15) is 0 Å². The zero-order valence-corrected chi connectivity index (χ0v) is 12.6. The molecule has 2 saturated heterocycles. The number of piperidine rings is 1. The maximum Gasteiger partial charge on any atom is 0.0966 e. The van der Waals surface area contributed by atoms with Crippen LogP contribution in [0.25, 0.3) is 0 Å². The van der Waals surface area contributed by atoms with E-state index in [2.05, 4.69) is 16.3 Å². The van der Waals surface area contributed by atoms with Gasteiger partial charge in [0.1, 0.15) is 0 Å². The van der Waals surface area contributed by atoms with Crippen LogP contribution in [0.4, 0.5) is 0 Å². The van der Waals surface area contributed by atoms with Crippen LogP contribution in [0.1, 0.15) is 24.5 Å². The molecule has 0 saturated carbocycles. The molecule has 3 rings (SSSR count). The summed E-state index contributed by atoms with van der Waals surface area (Å²) in [5.74, 6) is 0.834. The Kier molecular flexibility index (Phi) is 4.94. The van der Waals surface area contributed by atoms with Crippen molar-refractivity contribution >= 4 is 11.6 Å². The van der Waals surface area contributed by atoms with E-state index in [4.69, 9.17) is 16.3 Å². The smallest absolute Gasteiger partial charge is 0.0966 e. The fraction of sp³-hybridized carbons (Fsp3) is 0.625. The lowest BCUT2D eigenvalue weighted by Crippen LogP contribution is -2.43. The first kappa shape index (κ1) is 14.3. The van der Waals surface area contributed by atoms with Crippen molar-refractivity contribution in [2.45, 2.75) is 18.9 Å². The lowest BCUT2D eigenvalue weighted by atomic mass is 9.97. The van der Waals surface area contributed by atoms with Gasteiger partial charge in [-0.15, -0.1) is 0 Å². The Bertz CT molecular complexity index is 434. The molecule has 4 heteroatoms. The molecule has 0 aromatic heterocycles. The van der Waals surface area contributed by atoms with E-state index < -0.39 is 0 Å². The van der Waals surface area contributed by atoms with E-state index in [1.165, 1.54) is 32.5 Å². The van der Waals surface area contributed by atoms with Crippen LogP contribution < -0.4 is 5.32 Å². The minimum absolute atomic E-state index is 0.124. The first-order valence-electron chi connectivity index (χ1n) is 7.62. The van der Waals surface area contributed by atoms with Crippen molar-refractivity contribution in [2.24, 2.45) is 5.92 Å². The van der Waals surface area contributed by atoms with Crippen molar-refractivity contribution < 1.29 is 4.74 Å². The Balaban J connectivity index is 1.60. The minimum Gasteiger partial charge on any atom is -0.371 e. The maximum absolute atomic E-state index is 6.29. The molecule has 0 spiro atoms. The highest BCUT2D eigenvalue weighted by Crippen LogP contribution is 2.29. The van der Waals surface area contributed by atoms with E-state index in [0.717, 1.165) is 36.2 Å². The average molecular weight is 295 g/mol. The number of nitrogens with zero attached hydrogens (tertiary/aromatic N) is 1. The van der Waals surface area contributed by atoms with E-state index in [-0.39, 0.29) is 6.10 Å². The van der Waals surface area contributed by atoms with Gasteiger partial charge >= 0.3 is 0 Å². The molecule has 1 N–H and O–H groups in total. The fourth-order valence-electron chi connectivity index (χ4n) is 3.22. The van der Waals surface area contributed by atoms with E-state index >= 15 is 0 Å². The number of rotatable bonds is 3. The second-order valence-corrected chi connectivity index (χ2v) is 6.24. The van der Waals surface area contributed by atoms with Crippen molar-refractivity contribution in [3.63, 3.8) is 0 Å². The van der Waals surface area contributed by atoms with Gasteiger partial charge in [-0.25, -0.2) is 0 Å². The highest BCUT2D eigenvalue weighted by molar-refractivity contribution is 6.31. The van der Waals surface area contributed by atoms with Crippen LogP contribution >= 0.6 is 11.6 Å². The Morgan fingerprint density at radius 2 is 2.05 bits per heavy atom. The SMILES string of the molecule is Clc1ccccc1C1CN(CC2CCNCC2)CCO1. The van der Waals surface area contributed by atoms with Gasteiger partial charge in [-0.3, -0.25) is 4.90 Å². The molecule has 2 heterocycles. The first-order chi connectivity index (χ1) is 9.83. The standard InChI is InChI=1S/C16H23ClN2O/c17-15-4-2-1-3-14(15)16-12-19(9-10-20-16)11-13-5-7-18-8-6-13/h1-4,13,16,18H,5-12H2. The van der Waals surface area contributed by atoms with Crippen molar-refractivity contribution in [3.8, 4) is 0 Å². The zero-order valence-electron chi connectivity index (χ0n) is 11.9. The van der Waals surface area contributed by atoms with Crippen molar-refractivity contribution in [2.75, 3.05) is 39.3 Å². The lowest BCUT2D eigenvalue weighted by molar-refractivity contribution is -0.0356. The number of nitrogens with one attached hydrogen (secondary N) is 1. The number of morpholine rings is 1. The Morgan fingerprint density at radius 3 is 2.85 bits per heavy atom.